The van der Waals surface area contributed by atoms with Crippen LogP contribution >= 0.6 is 11.3 Å². The van der Waals surface area contributed by atoms with E-state index in [1.54, 1.807) is 0 Å². The highest BCUT2D eigenvalue weighted by Gasteiger charge is 2.23. The fourth-order valence-electron chi connectivity index (χ4n) is 9.09. The first-order chi connectivity index (χ1) is 29.3. The first-order valence-electron chi connectivity index (χ1n) is 20.1. The lowest BCUT2D eigenvalue weighted by atomic mass is 9.96. The summed E-state index contributed by atoms with van der Waals surface area (Å²) in [7, 11) is 0. The van der Waals surface area contributed by atoms with Crippen LogP contribution in [0.4, 0.5) is 17.1 Å². The first-order valence-corrected chi connectivity index (χ1v) is 20.9. The molecule has 0 saturated carbocycles. The van der Waals surface area contributed by atoms with E-state index < -0.39 is 0 Å². The second-order valence-corrected chi connectivity index (χ2v) is 16.3. The monoisotopic (exact) mass is 769 g/mol. The average Bonchev–Trinajstić information content (AvgIpc) is 3.90. The van der Waals surface area contributed by atoms with E-state index in [1.807, 2.05) is 11.3 Å². The lowest BCUT2D eigenvalue weighted by Crippen LogP contribution is -2.10. The number of thiophene rings is 1. The van der Waals surface area contributed by atoms with Crippen molar-refractivity contribution in [3.8, 4) is 33.4 Å². The van der Waals surface area contributed by atoms with Gasteiger partial charge in [-0.05, 0) is 91.8 Å². The second-order valence-electron chi connectivity index (χ2n) is 15.2. The van der Waals surface area contributed by atoms with Gasteiger partial charge in [0.1, 0.15) is 5.58 Å². The molecule has 0 saturated heterocycles. The highest BCUT2D eigenvalue weighted by Crippen LogP contribution is 2.48. The third-order valence-corrected chi connectivity index (χ3v) is 13.1. The Kier molecular flexibility index (Phi) is 7.75. The van der Waals surface area contributed by atoms with Crippen molar-refractivity contribution in [1.82, 2.24) is 0 Å². The van der Waals surface area contributed by atoms with Gasteiger partial charge in [0.2, 0.25) is 0 Å². The molecular weight excluding hydrogens is 735 g/mol. The van der Waals surface area contributed by atoms with Crippen LogP contribution in [0.1, 0.15) is 0 Å². The number of anilines is 3. The molecule has 59 heavy (non-hydrogen) atoms. The Morgan fingerprint density at radius 1 is 0.356 bits per heavy atom. The van der Waals surface area contributed by atoms with Gasteiger partial charge in [-0.3, -0.25) is 0 Å². The van der Waals surface area contributed by atoms with Crippen LogP contribution < -0.4 is 4.90 Å². The molecule has 2 heterocycles. The van der Waals surface area contributed by atoms with Crippen molar-refractivity contribution in [2.24, 2.45) is 0 Å². The number of nitrogens with zero attached hydrogens (tertiary/aromatic N) is 1. The predicted octanol–water partition coefficient (Wildman–Crippen LogP) is 16.7. The van der Waals surface area contributed by atoms with Crippen LogP contribution in [0.25, 0.3) is 97.0 Å². The van der Waals surface area contributed by atoms with E-state index in [2.05, 4.69) is 217 Å². The topological polar surface area (TPSA) is 16.4 Å². The molecule has 12 rings (SSSR count). The second kappa shape index (κ2) is 13.6. The van der Waals surface area contributed by atoms with Crippen molar-refractivity contribution in [2.75, 3.05) is 4.90 Å². The highest BCUT2D eigenvalue weighted by molar-refractivity contribution is 7.26. The fraction of sp³-hybridized carbons (Fsp3) is 0. The number of hydrogen-bond donors (Lipinski definition) is 0. The van der Waals surface area contributed by atoms with E-state index in [1.165, 1.54) is 64.0 Å². The van der Waals surface area contributed by atoms with Crippen LogP contribution in [-0.4, -0.2) is 0 Å². The number of fused-ring (bicyclic) bond motifs is 10. The van der Waals surface area contributed by atoms with Crippen molar-refractivity contribution < 1.29 is 4.42 Å². The number of benzene rings is 10. The van der Waals surface area contributed by atoms with Gasteiger partial charge < -0.3 is 9.32 Å². The number of rotatable bonds is 6. The Hall–Kier alpha value is -7.46. The highest BCUT2D eigenvalue weighted by atomic mass is 32.1. The minimum atomic E-state index is 0.856. The van der Waals surface area contributed by atoms with Crippen LogP contribution in [0.5, 0.6) is 0 Å². The van der Waals surface area contributed by atoms with Gasteiger partial charge in [-0.15, -0.1) is 11.3 Å². The lowest BCUT2D eigenvalue weighted by molar-refractivity contribution is 0.670. The molecule has 0 atom stereocenters. The zero-order valence-corrected chi connectivity index (χ0v) is 32.8. The van der Waals surface area contributed by atoms with Gasteiger partial charge in [0.15, 0.2) is 5.58 Å². The Morgan fingerprint density at radius 3 is 1.66 bits per heavy atom. The third-order valence-electron chi connectivity index (χ3n) is 11.9. The van der Waals surface area contributed by atoms with Crippen molar-refractivity contribution in [3.63, 3.8) is 0 Å². The summed E-state index contributed by atoms with van der Waals surface area (Å²) < 4.78 is 9.78. The van der Waals surface area contributed by atoms with E-state index in [4.69, 9.17) is 4.42 Å². The Morgan fingerprint density at radius 2 is 0.915 bits per heavy atom. The van der Waals surface area contributed by atoms with Gasteiger partial charge >= 0.3 is 0 Å². The largest absolute Gasteiger partial charge is 0.453 e. The summed E-state index contributed by atoms with van der Waals surface area (Å²) >= 11 is 1.88. The maximum Gasteiger partial charge on any atom is 0.159 e. The normalized spacial score (nSPS) is 11.7. The summed E-state index contributed by atoms with van der Waals surface area (Å²) in [6.07, 6.45) is 0. The van der Waals surface area contributed by atoms with Gasteiger partial charge in [-0.1, -0.05) is 170 Å². The summed E-state index contributed by atoms with van der Waals surface area (Å²) in [5.74, 6) is 0. The maximum absolute atomic E-state index is 7.15. The van der Waals surface area contributed by atoms with Gasteiger partial charge in [-0.2, -0.15) is 0 Å². The standard InChI is InChI=1S/C56H35NOS/c1-3-13-36(14-4-1)37-25-30-42(31-26-37)57(43-32-27-40(28-33-43)46-21-11-23-48-52-44-19-9-7-17-39(44)29-34-51(52)59-56(46)48)50-24-12-22-47-53-45-20-10-8-18-41(45)35-49(55(53)58-54(47)50)38-15-5-2-6-16-38/h1-35H. The number of para-hydroxylation sites is 1. The molecule has 3 heteroatoms. The average molecular weight is 770 g/mol. The van der Waals surface area contributed by atoms with Crippen molar-refractivity contribution in [2.45, 2.75) is 0 Å². The summed E-state index contributed by atoms with van der Waals surface area (Å²) in [5.41, 5.74) is 11.9. The van der Waals surface area contributed by atoms with Crippen molar-refractivity contribution in [1.29, 1.82) is 0 Å². The fourth-order valence-corrected chi connectivity index (χ4v) is 10.3. The third kappa shape index (κ3) is 5.47. The van der Waals surface area contributed by atoms with Crippen LogP contribution in [0.15, 0.2) is 217 Å². The summed E-state index contributed by atoms with van der Waals surface area (Å²) in [6.45, 7) is 0. The Balaban J connectivity index is 1.05. The molecule has 0 radical (unpaired) electrons. The minimum absolute atomic E-state index is 0.856. The SMILES string of the molecule is c1ccc(-c2ccc(N(c3ccc(-c4cccc5c4sc4ccc6ccccc6c45)cc3)c3cccc4c3oc3c(-c5ccccc5)cc5ccccc5c34)cc2)cc1. The molecule has 0 aliphatic carbocycles. The molecule has 12 aromatic rings. The smallest absolute Gasteiger partial charge is 0.159 e. The molecule has 0 N–H and O–H groups in total. The number of furan rings is 1. The van der Waals surface area contributed by atoms with Gasteiger partial charge in [0.25, 0.3) is 0 Å². The van der Waals surface area contributed by atoms with Gasteiger partial charge in [0.05, 0.1) is 5.69 Å². The molecule has 0 fully saturated rings. The summed E-state index contributed by atoms with van der Waals surface area (Å²) in [6, 6.07) is 76.6. The maximum atomic E-state index is 7.15. The molecule has 0 amide bonds. The number of hydrogen-bond acceptors (Lipinski definition) is 3. The molecule has 10 aromatic carbocycles. The Bertz CT molecular complexity index is 3530. The predicted molar refractivity (Wildman–Crippen MR) is 253 cm³/mol. The van der Waals surface area contributed by atoms with Gasteiger partial charge in [0, 0.05) is 47.9 Å². The molecule has 0 spiro atoms. The zero-order valence-electron chi connectivity index (χ0n) is 32.0. The van der Waals surface area contributed by atoms with E-state index in [0.717, 1.165) is 50.1 Å². The van der Waals surface area contributed by atoms with E-state index >= 15 is 0 Å². The molecule has 2 nitrogen and oxygen atoms in total. The van der Waals surface area contributed by atoms with Gasteiger partial charge in [-0.25, -0.2) is 0 Å². The molecule has 0 aliphatic heterocycles. The van der Waals surface area contributed by atoms with Crippen molar-refractivity contribution >= 4 is 92.1 Å². The quantitative estimate of drug-likeness (QED) is 0.167. The van der Waals surface area contributed by atoms with E-state index in [0.29, 0.717) is 0 Å². The molecular formula is C56H35NOS. The van der Waals surface area contributed by atoms with Crippen LogP contribution in [-0.2, 0) is 0 Å². The Labute approximate surface area is 345 Å². The zero-order chi connectivity index (χ0) is 38.9. The first kappa shape index (κ1) is 33.7. The minimum Gasteiger partial charge on any atom is -0.453 e. The summed E-state index contributed by atoms with van der Waals surface area (Å²) in [4.78, 5) is 2.35. The van der Waals surface area contributed by atoms with Crippen molar-refractivity contribution in [3.05, 3.63) is 212 Å². The van der Waals surface area contributed by atoms with Crippen LogP contribution in [0.2, 0.25) is 0 Å². The molecule has 0 bridgehead atoms. The van der Waals surface area contributed by atoms with Crippen LogP contribution in [0.3, 0.4) is 0 Å². The molecule has 276 valence electrons. The molecule has 2 aromatic heterocycles. The molecule has 0 aliphatic rings. The van der Waals surface area contributed by atoms with E-state index in [9.17, 15) is 0 Å². The summed E-state index contributed by atoms with van der Waals surface area (Å²) in [5, 5.41) is 9.84. The van der Waals surface area contributed by atoms with Crippen LogP contribution in [0, 0.1) is 0 Å². The lowest BCUT2D eigenvalue weighted by Gasteiger charge is -2.26. The molecule has 0 unspecified atom stereocenters. The van der Waals surface area contributed by atoms with E-state index in [-0.39, 0.29) is 0 Å².